The van der Waals surface area contributed by atoms with E-state index in [2.05, 4.69) is 18.2 Å². The average Bonchev–Trinajstić information content (AvgIpc) is 3.39. The first-order chi connectivity index (χ1) is 23.7. The highest BCUT2D eigenvalue weighted by Crippen LogP contribution is 2.52. The molecule has 5 aliphatic rings. The van der Waals surface area contributed by atoms with E-state index in [9.17, 15) is 20.4 Å². The number of nitrogens with one attached hydrogen (secondary N) is 1. The van der Waals surface area contributed by atoms with E-state index in [1.807, 2.05) is 41.5 Å². The molecule has 0 amide bonds. The zero-order valence-corrected chi connectivity index (χ0v) is 32.4. The third kappa shape index (κ3) is 7.66. The lowest BCUT2D eigenvalue weighted by Crippen LogP contribution is -2.69. The van der Waals surface area contributed by atoms with Crippen LogP contribution in [0.4, 0.5) is 0 Å². The van der Waals surface area contributed by atoms with Crippen LogP contribution in [0.2, 0.25) is 0 Å². The topological polar surface area (TPSA) is 167 Å². The predicted octanol–water partition coefficient (Wildman–Crippen LogP) is 2.44. The Morgan fingerprint density at radius 1 is 0.922 bits per heavy atom. The number of rotatable bonds is 8. The molecule has 13 heteroatoms. The molecule has 0 aromatic rings. The number of terminal acetylenes is 1. The first kappa shape index (κ1) is 41.2. The second-order valence-corrected chi connectivity index (χ2v) is 16.8. The van der Waals surface area contributed by atoms with E-state index in [0.717, 1.165) is 0 Å². The SMILES string of the molecule is C#CCNC1C[C@@H](C)O[C@@H](O[C@@H]2[C@@H](C)[C@H](O[C@H]3CC(C)(OC)[C@@H](O)C(C)O3)[C@@H](C)[C@@]3(O)O[C@H]([C@@H](C)C4OC2(C)C[C@@H]4C)[C@](C)(O)[C@@H](CC)O3)C1O. The second-order valence-electron chi connectivity index (χ2n) is 16.8. The van der Waals surface area contributed by atoms with Gasteiger partial charge in [0.2, 0.25) is 0 Å². The number of hydrogen-bond donors (Lipinski definition) is 5. The first-order valence-electron chi connectivity index (χ1n) is 18.9. The van der Waals surface area contributed by atoms with E-state index in [0.29, 0.717) is 19.3 Å². The fourth-order valence-electron chi connectivity index (χ4n) is 9.77. The zero-order valence-electron chi connectivity index (χ0n) is 32.4. The second kappa shape index (κ2) is 15.3. The van der Waals surface area contributed by atoms with Crippen LogP contribution in [0.3, 0.4) is 0 Å². The lowest BCUT2D eigenvalue weighted by Gasteiger charge is -2.55. The van der Waals surface area contributed by atoms with Crippen LogP contribution in [0.5, 0.6) is 0 Å². The molecule has 5 aliphatic heterocycles. The standard InChI is InChI=1S/C38H65NO12/c1-13-15-39-25-16-20(4)45-34(28(25)40)48-32-22(6)30(47-27-18-35(9,44-12)31(41)24(8)46-27)23(7)38(43)49-26(14-2)37(11,42)33(51-38)21(5)29-19(3)17-36(32,10)50-29/h1,19-34,39-43H,14-18H2,2-12H3/t19-,20+,21-,22-,23+,24?,25?,26+,27-,28?,29?,30-,31-,32+,33+,34-,35?,36?,37+,38-/m0/s1. The van der Waals surface area contributed by atoms with Crippen molar-refractivity contribution in [2.75, 3.05) is 13.7 Å². The normalized spacial score (nSPS) is 55.1. The number of aliphatic hydroxyl groups excluding tert-OH is 2. The molecule has 5 fully saturated rings. The Morgan fingerprint density at radius 2 is 1.61 bits per heavy atom. The van der Waals surface area contributed by atoms with Gasteiger partial charge in [-0.15, -0.1) is 6.42 Å². The van der Waals surface area contributed by atoms with Gasteiger partial charge in [0.05, 0.1) is 66.4 Å². The first-order valence-corrected chi connectivity index (χ1v) is 18.9. The van der Waals surface area contributed by atoms with Crippen molar-refractivity contribution in [2.24, 2.45) is 23.7 Å². The highest BCUT2D eigenvalue weighted by atomic mass is 16.8. The molecule has 5 N–H and O–H groups in total. The van der Waals surface area contributed by atoms with Crippen LogP contribution in [-0.2, 0) is 37.9 Å². The molecule has 6 unspecified atom stereocenters. The van der Waals surface area contributed by atoms with Crippen molar-refractivity contribution in [3.63, 3.8) is 0 Å². The average molecular weight is 728 g/mol. The molecule has 5 saturated heterocycles. The van der Waals surface area contributed by atoms with Gasteiger partial charge in [-0.25, -0.2) is 0 Å². The van der Waals surface area contributed by atoms with Gasteiger partial charge >= 0.3 is 0 Å². The van der Waals surface area contributed by atoms with Crippen LogP contribution in [0, 0.1) is 36.0 Å². The van der Waals surface area contributed by atoms with Crippen molar-refractivity contribution in [3.8, 4) is 12.3 Å². The number of fused-ring (bicyclic) bond motifs is 4. The van der Waals surface area contributed by atoms with E-state index in [4.69, 9.17) is 44.3 Å². The Labute approximate surface area is 304 Å². The summed E-state index contributed by atoms with van der Waals surface area (Å²) in [6, 6.07) is -0.368. The van der Waals surface area contributed by atoms with Crippen LogP contribution >= 0.6 is 0 Å². The maximum absolute atomic E-state index is 12.5. The summed E-state index contributed by atoms with van der Waals surface area (Å²) in [5.74, 6) is -1.42. The van der Waals surface area contributed by atoms with Crippen molar-refractivity contribution in [1.29, 1.82) is 0 Å². The van der Waals surface area contributed by atoms with E-state index in [1.54, 1.807) is 27.9 Å². The molecule has 13 nitrogen and oxygen atoms in total. The molecule has 0 aromatic heterocycles. The number of methoxy groups -OCH3 is 1. The third-order valence-electron chi connectivity index (χ3n) is 12.7. The van der Waals surface area contributed by atoms with Crippen LogP contribution in [0.15, 0.2) is 0 Å². The molecule has 294 valence electrons. The minimum absolute atomic E-state index is 0.00234. The molecule has 0 radical (unpaired) electrons. The van der Waals surface area contributed by atoms with Crippen molar-refractivity contribution in [2.45, 2.75) is 191 Å². The van der Waals surface area contributed by atoms with Gasteiger partial charge in [0.1, 0.15) is 17.8 Å². The third-order valence-corrected chi connectivity index (χ3v) is 12.7. The van der Waals surface area contributed by atoms with Gasteiger partial charge in [-0.1, -0.05) is 40.5 Å². The Morgan fingerprint density at radius 3 is 2.24 bits per heavy atom. The number of hydrogen-bond acceptors (Lipinski definition) is 13. The summed E-state index contributed by atoms with van der Waals surface area (Å²) in [7, 11) is 1.54. The molecule has 0 aliphatic carbocycles. The van der Waals surface area contributed by atoms with E-state index in [-0.39, 0.29) is 43.1 Å². The van der Waals surface area contributed by atoms with Gasteiger partial charge in [0.25, 0.3) is 5.97 Å². The Balaban J connectivity index is 1.61. The molecule has 5 rings (SSSR count). The summed E-state index contributed by atoms with van der Waals surface area (Å²) >= 11 is 0. The quantitative estimate of drug-likeness (QED) is 0.232. The van der Waals surface area contributed by atoms with Crippen LogP contribution < -0.4 is 5.32 Å². The van der Waals surface area contributed by atoms with Gasteiger partial charge in [-0.05, 0) is 59.8 Å². The van der Waals surface area contributed by atoms with E-state index >= 15 is 0 Å². The summed E-state index contributed by atoms with van der Waals surface area (Å²) < 4.78 is 52.1. The monoisotopic (exact) mass is 727 g/mol. The predicted molar refractivity (Wildman–Crippen MR) is 186 cm³/mol. The molecule has 0 saturated carbocycles. The highest BCUT2D eigenvalue weighted by molar-refractivity contribution is 5.07. The van der Waals surface area contributed by atoms with Crippen LogP contribution in [-0.4, -0.2) is 130 Å². The van der Waals surface area contributed by atoms with E-state index in [1.165, 1.54) is 0 Å². The van der Waals surface area contributed by atoms with Crippen LogP contribution in [0.1, 0.15) is 94.9 Å². The van der Waals surface area contributed by atoms with Gasteiger partial charge in [0, 0.05) is 31.4 Å². The molecule has 20 atom stereocenters. The molecule has 5 heterocycles. The van der Waals surface area contributed by atoms with E-state index < -0.39 is 89.9 Å². The maximum Gasteiger partial charge on any atom is 0.286 e. The van der Waals surface area contributed by atoms with Gasteiger partial charge < -0.3 is 63.6 Å². The summed E-state index contributed by atoms with van der Waals surface area (Å²) in [4.78, 5) is 0. The lowest BCUT2D eigenvalue weighted by atomic mass is 9.74. The van der Waals surface area contributed by atoms with Crippen molar-refractivity contribution in [1.82, 2.24) is 5.32 Å². The van der Waals surface area contributed by atoms with Gasteiger partial charge in [-0.3, -0.25) is 0 Å². The Kier molecular flexibility index (Phi) is 12.4. The molecular formula is C38H65NO12. The molecular weight excluding hydrogens is 662 g/mol. The fourth-order valence-corrected chi connectivity index (χ4v) is 9.77. The number of aliphatic hydroxyl groups is 4. The summed E-state index contributed by atoms with van der Waals surface area (Å²) in [5.41, 5.74) is -3.36. The fraction of sp³-hybridized carbons (Fsp3) is 0.947. The largest absolute Gasteiger partial charge is 0.387 e. The molecule has 4 bridgehead atoms. The maximum atomic E-state index is 12.5. The smallest absolute Gasteiger partial charge is 0.286 e. The number of ether oxygens (including phenoxy) is 8. The zero-order chi connectivity index (χ0) is 37.8. The Hall–Kier alpha value is -0.960. The summed E-state index contributed by atoms with van der Waals surface area (Å²) in [6.07, 6.45) is -1.10. The van der Waals surface area contributed by atoms with Crippen LogP contribution in [0.25, 0.3) is 0 Å². The molecule has 0 spiro atoms. The minimum Gasteiger partial charge on any atom is -0.387 e. The lowest BCUT2D eigenvalue weighted by molar-refractivity contribution is -0.481. The molecule has 0 aromatic carbocycles. The van der Waals surface area contributed by atoms with Crippen molar-refractivity contribution >= 4 is 0 Å². The van der Waals surface area contributed by atoms with Gasteiger partial charge in [0.15, 0.2) is 12.6 Å². The Bertz CT molecular complexity index is 1230. The highest BCUT2D eigenvalue weighted by Gasteiger charge is 2.64. The summed E-state index contributed by atoms with van der Waals surface area (Å²) in [6.45, 7) is 19.2. The van der Waals surface area contributed by atoms with Gasteiger partial charge in [-0.2, -0.15) is 0 Å². The summed E-state index contributed by atoms with van der Waals surface area (Å²) in [5, 5.41) is 50.3. The minimum atomic E-state index is -2.19. The van der Waals surface area contributed by atoms with Crippen molar-refractivity contribution < 1.29 is 58.3 Å². The molecule has 51 heavy (non-hydrogen) atoms. The van der Waals surface area contributed by atoms with Crippen molar-refractivity contribution in [3.05, 3.63) is 0 Å².